The summed E-state index contributed by atoms with van der Waals surface area (Å²) < 4.78 is 0. The molecule has 2 heterocycles. The number of hydrogen-bond donors (Lipinski definition) is 1. The third-order valence-electron chi connectivity index (χ3n) is 4.11. The molecule has 0 saturated heterocycles. The fourth-order valence-corrected chi connectivity index (χ4v) is 2.79. The molecule has 3 aromatic rings. The molecule has 0 amide bonds. The monoisotopic (exact) mass is 293 g/mol. The van der Waals surface area contributed by atoms with Crippen LogP contribution in [0, 0.1) is 0 Å². The molecule has 0 aliphatic rings. The van der Waals surface area contributed by atoms with E-state index >= 15 is 0 Å². The van der Waals surface area contributed by atoms with Crippen molar-refractivity contribution < 1.29 is 0 Å². The highest BCUT2D eigenvalue weighted by Gasteiger charge is 2.09. The van der Waals surface area contributed by atoms with Crippen molar-refractivity contribution >= 4 is 11.0 Å². The van der Waals surface area contributed by atoms with Crippen LogP contribution in [0.5, 0.6) is 0 Å². The van der Waals surface area contributed by atoms with Gasteiger partial charge in [-0.05, 0) is 42.5 Å². The maximum absolute atomic E-state index is 4.74. The van der Waals surface area contributed by atoms with Gasteiger partial charge in [-0.1, -0.05) is 44.9 Å². The molecule has 3 rings (SSSR count). The van der Waals surface area contributed by atoms with Crippen molar-refractivity contribution in [1.82, 2.24) is 15.0 Å². The van der Waals surface area contributed by atoms with Gasteiger partial charge in [-0.15, -0.1) is 0 Å². The van der Waals surface area contributed by atoms with E-state index in [1.54, 1.807) is 0 Å². The number of pyridine rings is 1. The second-order valence-electron chi connectivity index (χ2n) is 5.76. The van der Waals surface area contributed by atoms with Gasteiger partial charge in [0.05, 0.1) is 11.0 Å². The first-order valence-corrected chi connectivity index (χ1v) is 8.24. The number of fused-ring (bicyclic) bond motifs is 1. The quantitative estimate of drug-likeness (QED) is 0.655. The van der Waals surface area contributed by atoms with Crippen LogP contribution < -0.4 is 0 Å². The minimum Gasteiger partial charge on any atom is -0.337 e. The van der Waals surface area contributed by atoms with Crippen LogP contribution in [-0.4, -0.2) is 15.0 Å². The van der Waals surface area contributed by atoms with Crippen LogP contribution in [0.1, 0.15) is 44.2 Å². The van der Waals surface area contributed by atoms with Gasteiger partial charge in [-0.25, -0.2) is 4.98 Å². The predicted molar refractivity (Wildman–Crippen MR) is 91.9 cm³/mol. The van der Waals surface area contributed by atoms with Gasteiger partial charge in [0.2, 0.25) is 0 Å². The van der Waals surface area contributed by atoms with E-state index in [2.05, 4.69) is 54.1 Å². The number of aryl methyl sites for hydroxylation is 2. The molecular weight excluding hydrogens is 270 g/mol. The highest BCUT2D eigenvalue weighted by molar-refractivity contribution is 5.81. The maximum atomic E-state index is 4.74. The lowest BCUT2D eigenvalue weighted by Crippen LogP contribution is -1.90. The lowest BCUT2D eigenvalue weighted by atomic mass is 10.1. The van der Waals surface area contributed by atoms with Gasteiger partial charge < -0.3 is 4.98 Å². The number of imidazole rings is 1. The zero-order chi connectivity index (χ0) is 15.4. The van der Waals surface area contributed by atoms with Crippen LogP contribution in [0.3, 0.4) is 0 Å². The van der Waals surface area contributed by atoms with E-state index < -0.39 is 0 Å². The van der Waals surface area contributed by atoms with E-state index in [1.165, 1.54) is 30.4 Å². The molecule has 1 aromatic carbocycles. The first kappa shape index (κ1) is 14.8. The van der Waals surface area contributed by atoms with Gasteiger partial charge in [0.15, 0.2) is 5.82 Å². The molecule has 0 unspecified atom stereocenters. The molecule has 0 radical (unpaired) electrons. The van der Waals surface area contributed by atoms with Gasteiger partial charge >= 0.3 is 0 Å². The van der Waals surface area contributed by atoms with Crippen molar-refractivity contribution in [1.29, 1.82) is 0 Å². The Kier molecular flexibility index (Phi) is 4.52. The van der Waals surface area contributed by atoms with E-state index in [-0.39, 0.29) is 0 Å². The number of para-hydroxylation sites is 1. The van der Waals surface area contributed by atoms with Crippen LogP contribution in [0.2, 0.25) is 0 Å². The summed E-state index contributed by atoms with van der Waals surface area (Å²) in [5.41, 5.74) is 5.65. The molecule has 2 aromatic heterocycles. The maximum Gasteiger partial charge on any atom is 0.157 e. The molecule has 0 bridgehead atoms. The fraction of sp³-hybridized carbons (Fsp3) is 0.368. The topological polar surface area (TPSA) is 41.6 Å². The van der Waals surface area contributed by atoms with Crippen LogP contribution in [0.25, 0.3) is 22.6 Å². The average molecular weight is 293 g/mol. The summed E-state index contributed by atoms with van der Waals surface area (Å²) in [5, 5.41) is 0. The van der Waals surface area contributed by atoms with E-state index in [4.69, 9.17) is 4.98 Å². The number of aromatic amines is 1. The molecule has 0 saturated carbocycles. The zero-order valence-electron chi connectivity index (χ0n) is 13.4. The standard InChI is InChI=1S/C19H23N3/c1-3-5-6-8-14-11-12-17(20-13-14)19-21-16-10-7-9-15(4-2)18(16)22-19/h7,9-13H,3-6,8H2,1-2H3,(H,21,22). The normalized spacial score (nSPS) is 11.2. The summed E-state index contributed by atoms with van der Waals surface area (Å²) in [6, 6.07) is 10.5. The molecule has 0 aliphatic heterocycles. The van der Waals surface area contributed by atoms with Crippen molar-refractivity contribution in [3.05, 3.63) is 47.7 Å². The summed E-state index contributed by atoms with van der Waals surface area (Å²) in [6.45, 7) is 4.39. The predicted octanol–water partition coefficient (Wildman–Crippen LogP) is 4.92. The molecule has 0 atom stereocenters. The Morgan fingerprint density at radius 3 is 2.68 bits per heavy atom. The third-order valence-corrected chi connectivity index (χ3v) is 4.11. The summed E-state index contributed by atoms with van der Waals surface area (Å²) in [4.78, 5) is 12.7. The molecule has 114 valence electrons. The van der Waals surface area contributed by atoms with Crippen molar-refractivity contribution in [2.24, 2.45) is 0 Å². The Bertz CT molecular complexity index is 741. The Hall–Kier alpha value is -2.16. The minimum absolute atomic E-state index is 0.857. The second kappa shape index (κ2) is 6.73. The van der Waals surface area contributed by atoms with Crippen molar-refractivity contribution in [3.63, 3.8) is 0 Å². The fourth-order valence-electron chi connectivity index (χ4n) is 2.79. The highest BCUT2D eigenvalue weighted by atomic mass is 14.9. The summed E-state index contributed by atoms with van der Waals surface area (Å²) >= 11 is 0. The van der Waals surface area contributed by atoms with Crippen molar-refractivity contribution in [2.75, 3.05) is 0 Å². The molecule has 1 N–H and O–H groups in total. The Morgan fingerprint density at radius 1 is 1.05 bits per heavy atom. The molecule has 3 nitrogen and oxygen atoms in total. The number of nitrogens with zero attached hydrogens (tertiary/aromatic N) is 2. The number of hydrogen-bond acceptors (Lipinski definition) is 2. The third kappa shape index (κ3) is 3.03. The van der Waals surface area contributed by atoms with Crippen LogP contribution in [0.15, 0.2) is 36.5 Å². The van der Waals surface area contributed by atoms with Crippen molar-refractivity contribution in [3.8, 4) is 11.5 Å². The van der Waals surface area contributed by atoms with Gasteiger partial charge in [0.25, 0.3) is 0 Å². The zero-order valence-corrected chi connectivity index (χ0v) is 13.4. The minimum atomic E-state index is 0.857. The smallest absolute Gasteiger partial charge is 0.157 e. The van der Waals surface area contributed by atoms with Crippen molar-refractivity contribution in [2.45, 2.75) is 46.0 Å². The first-order valence-electron chi connectivity index (χ1n) is 8.24. The van der Waals surface area contributed by atoms with Gasteiger partial charge in [-0.3, -0.25) is 4.98 Å². The van der Waals surface area contributed by atoms with E-state index in [1.807, 2.05) is 6.20 Å². The first-order chi connectivity index (χ1) is 10.8. The van der Waals surface area contributed by atoms with Crippen LogP contribution >= 0.6 is 0 Å². The lowest BCUT2D eigenvalue weighted by Gasteiger charge is -2.01. The molecule has 0 aliphatic carbocycles. The van der Waals surface area contributed by atoms with Crippen LogP contribution in [-0.2, 0) is 12.8 Å². The Labute approximate surface area is 131 Å². The van der Waals surface area contributed by atoms with E-state index in [0.717, 1.165) is 35.4 Å². The summed E-state index contributed by atoms with van der Waals surface area (Å²) in [7, 11) is 0. The molecule has 22 heavy (non-hydrogen) atoms. The number of rotatable bonds is 6. The summed E-state index contributed by atoms with van der Waals surface area (Å²) in [5.74, 6) is 0.857. The van der Waals surface area contributed by atoms with Gasteiger partial charge in [0.1, 0.15) is 5.69 Å². The molecule has 3 heteroatoms. The molecular formula is C19H23N3. The number of benzene rings is 1. The molecule has 0 spiro atoms. The van der Waals surface area contributed by atoms with E-state index in [9.17, 15) is 0 Å². The highest BCUT2D eigenvalue weighted by Crippen LogP contribution is 2.22. The molecule has 0 fully saturated rings. The largest absolute Gasteiger partial charge is 0.337 e. The SMILES string of the molecule is CCCCCc1ccc(-c2nc3c(CC)cccc3[nH]2)nc1. The number of aromatic nitrogens is 3. The number of nitrogens with one attached hydrogen (secondary N) is 1. The Balaban J connectivity index is 1.84. The van der Waals surface area contributed by atoms with E-state index in [0.29, 0.717) is 0 Å². The Morgan fingerprint density at radius 2 is 1.95 bits per heavy atom. The lowest BCUT2D eigenvalue weighted by molar-refractivity contribution is 0.716. The summed E-state index contributed by atoms with van der Waals surface area (Å²) in [6.07, 6.45) is 7.86. The van der Waals surface area contributed by atoms with Crippen LogP contribution in [0.4, 0.5) is 0 Å². The van der Waals surface area contributed by atoms with Gasteiger partial charge in [0, 0.05) is 6.20 Å². The average Bonchev–Trinajstić information content (AvgIpc) is 3.00. The van der Waals surface area contributed by atoms with Gasteiger partial charge in [-0.2, -0.15) is 0 Å². The number of H-pyrrole nitrogens is 1. The number of unbranched alkanes of at least 4 members (excludes halogenated alkanes) is 2. The second-order valence-corrected chi connectivity index (χ2v) is 5.76.